The van der Waals surface area contributed by atoms with Crippen molar-refractivity contribution in [2.45, 2.75) is 12.8 Å². The number of halogens is 1. The molecule has 0 unspecified atom stereocenters. The lowest BCUT2D eigenvalue weighted by atomic mass is 10.2. The van der Waals surface area contributed by atoms with E-state index in [2.05, 4.69) is 15.9 Å². The number of nitrogens with zero attached hydrogens (tertiary/aromatic N) is 1. The maximum atomic E-state index is 10.8. The lowest BCUT2D eigenvalue weighted by Crippen LogP contribution is -2.02. The lowest BCUT2D eigenvalue weighted by Gasteiger charge is -2.08. The first kappa shape index (κ1) is 12.0. The molecular formula is C11H10BrNO4. The van der Waals surface area contributed by atoms with E-state index in [0.29, 0.717) is 29.0 Å². The van der Waals surface area contributed by atoms with Gasteiger partial charge in [-0.15, -0.1) is 0 Å². The largest absolute Gasteiger partial charge is 0.492 e. The van der Waals surface area contributed by atoms with Gasteiger partial charge < -0.3 is 4.74 Å². The Morgan fingerprint density at radius 1 is 1.53 bits per heavy atom. The smallest absolute Gasteiger partial charge is 0.283 e. The standard InChI is InChI=1S/C11H10BrNO4/c12-9-3-8(5-14)10(13(15)16)4-11(9)17-6-7-1-2-7/h3-5,7H,1-2,6H2. The van der Waals surface area contributed by atoms with Crippen molar-refractivity contribution in [2.75, 3.05) is 6.61 Å². The van der Waals surface area contributed by atoms with Crippen LogP contribution in [0.2, 0.25) is 0 Å². The topological polar surface area (TPSA) is 69.4 Å². The van der Waals surface area contributed by atoms with Gasteiger partial charge in [-0.3, -0.25) is 14.9 Å². The van der Waals surface area contributed by atoms with E-state index in [1.807, 2.05) is 0 Å². The molecule has 1 aromatic carbocycles. The van der Waals surface area contributed by atoms with E-state index >= 15 is 0 Å². The lowest BCUT2D eigenvalue weighted by molar-refractivity contribution is -0.385. The van der Waals surface area contributed by atoms with Crippen molar-refractivity contribution < 1.29 is 14.5 Å². The minimum atomic E-state index is -0.583. The van der Waals surface area contributed by atoms with E-state index in [-0.39, 0.29) is 11.3 Å². The fourth-order valence-corrected chi connectivity index (χ4v) is 1.89. The first-order valence-electron chi connectivity index (χ1n) is 5.17. The summed E-state index contributed by atoms with van der Waals surface area (Å²) in [4.78, 5) is 20.9. The Morgan fingerprint density at radius 2 is 2.24 bits per heavy atom. The van der Waals surface area contributed by atoms with E-state index in [9.17, 15) is 14.9 Å². The molecule has 0 bridgehead atoms. The maximum Gasteiger partial charge on any atom is 0.283 e. The van der Waals surface area contributed by atoms with E-state index in [1.54, 1.807) is 0 Å². The van der Waals surface area contributed by atoms with Gasteiger partial charge in [0.05, 0.1) is 27.6 Å². The van der Waals surface area contributed by atoms with Crippen LogP contribution in [0.25, 0.3) is 0 Å². The second-order valence-electron chi connectivity index (χ2n) is 3.97. The first-order chi connectivity index (χ1) is 8.11. The number of ether oxygens (including phenoxy) is 1. The number of hydrogen-bond acceptors (Lipinski definition) is 4. The molecule has 2 rings (SSSR count). The number of hydrogen-bond donors (Lipinski definition) is 0. The third-order valence-corrected chi connectivity index (χ3v) is 3.20. The summed E-state index contributed by atoms with van der Waals surface area (Å²) in [6.45, 7) is 0.566. The molecule has 1 fully saturated rings. The van der Waals surface area contributed by atoms with E-state index in [1.165, 1.54) is 12.1 Å². The molecule has 0 aromatic heterocycles. The first-order valence-corrected chi connectivity index (χ1v) is 5.97. The van der Waals surface area contributed by atoms with Crippen LogP contribution in [-0.2, 0) is 0 Å². The molecule has 1 aliphatic carbocycles. The summed E-state index contributed by atoms with van der Waals surface area (Å²) in [7, 11) is 0. The van der Waals surface area contributed by atoms with E-state index in [4.69, 9.17) is 4.74 Å². The van der Waals surface area contributed by atoms with Gasteiger partial charge in [0.2, 0.25) is 0 Å². The summed E-state index contributed by atoms with van der Waals surface area (Å²) in [5.74, 6) is 0.973. The predicted molar refractivity (Wildman–Crippen MR) is 64.4 cm³/mol. The van der Waals surface area contributed by atoms with Crippen molar-refractivity contribution in [2.24, 2.45) is 5.92 Å². The highest BCUT2D eigenvalue weighted by Gasteiger charge is 2.23. The third kappa shape index (κ3) is 2.82. The zero-order valence-electron chi connectivity index (χ0n) is 8.89. The molecule has 0 amide bonds. The summed E-state index contributed by atoms with van der Waals surface area (Å²) in [5.41, 5.74) is -0.186. The Kier molecular flexibility index (Phi) is 3.42. The van der Waals surface area contributed by atoms with Gasteiger partial charge in [0, 0.05) is 0 Å². The molecule has 0 radical (unpaired) electrons. The Morgan fingerprint density at radius 3 is 2.76 bits per heavy atom. The molecule has 0 aliphatic heterocycles. The summed E-state index contributed by atoms with van der Waals surface area (Å²) in [6, 6.07) is 2.70. The number of rotatable bonds is 5. The van der Waals surface area contributed by atoms with Crippen molar-refractivity contribution in [1.82, 2.24) is 0 Å². The number of nitro benzene ring substituents is 1. The highest BCUT2D eigenvalue weighted by atomic mass is 79.9. The Balaban J connectivity index is 2.27. The monoisotopic (exact) mass is 299 g/mol. The fraction of sp³-hybridized carbons (Fsp3) is 0.364. The van der Waals surface area contributed by atoms with Crippen LogP contribution in [-0.4, -0.2) is 17.8 Å². The average Bonchev–Trinajstić information content (AvgIpc) is 3.10. The molecule has 0 spiro atoms. The Bertz CT molecular complexity index is 471. The second kappa shape index (κ2) is 4.83. The zero-order valence-corrected chi connectivity index (χ0v) is 10.5. The fourth-order valence-electron chi connectivity index (χ4n) is 1.41. The summed E-state index contributed by atoms with van der Waals surface area (Å²) >= 11 is 3.24. The van der Waals surface area contributed by atoms with Crippen LogP contribution in [0, 0.1) is 16.0 Å². The van der Waals surface area contributed by atoms with Crippen molar-refractivity contribution in [3.63, 3.8) is 0 Å². The van der Waals surface area contributed by atoms with Crippen molar-refractivity contribution >= 4 is 27.9 Å². The van der Waals surface area contributed by atoms with Crippen molar-refractivity contribution in [1.29, 1.82) is 0 Å². The van der Waals surface area contributed by atoms with Crippen LogP contribution in [0.4, 0.5) is 5.69 Å². The highest BCUT2D eigenvalue weighted by Crippen LogP contribution is 2.35. The van der Waals surface area contributed by atoms with Crippen LogP contribution in [0.15, 0.2) is 16.6 Å². The summed E-state index contributed by atoms with van der Waals surface area (Å²) in [6.07, 6.45) is 2.76. The van der Waals surface area contributed by atoms with Crippen molar-refractivity contribution in [3.8, 4) is 5.75 Å². The van der Waals surface area contributed by atoms with E-state index in [0.717, 1.165) is 12.8 Å². The highest BCUT2D eigenvalue weighted by molar-refractivity contribution is 9.10. The third-order valence-electron chi connectivity index (χ3n) is 2.58. The second-order valence-corrected chi connectivity index (χ2v) is 4.83. The minimum Gasteiger partial charge on any atom is -0.492 e. The molecule has 90 valence electrons. The number of nitro groups is 1. The summed E-state index contributed by atoms with van der Waals surface area (Å²) in [5, 5.41) is 10.8. The quantitative estimate of drug-likeness (QED) is 0.476. The van der Waals surface area contributed by atoms with Gasteiger partial charge in [0.15, 0.2) is 6.29 Å². The van der Waals surface area contributed by atoms with Crippen molar-refractivity contribution in [3.05, 3.63) is 32.3 Å². The van der Waals surface area contributed by atoms with Gasteiger partial charge in [-0.2, -0.15) is 0 Å². The van der Waals surface area contributed by atoms with Crippen LogP contribution < -0.4 is 4.74 Å². The number of carbonyl (C=O) groups is 1. The SMILES string of the molecule is O=Cc1cc(Br)c(OCC2CC2)cc1[N+](=O)[O-]. The van der Waals surface area contributed by atoms with Crippen LogP contribution in [0.1, 0.15) is 23.2 Å². The van der Waals surface area contributed by atoms with Crippen LogP contribution in [0.5, 0.6) is 5.75 Å². The van der Waals surface area contributed by atoms with Gasteiger partial charge in [-0.25, -0.2) is 0 Å². The number of carbonyl (C=O) groups excluding carboxylic acids is 1. The molecule has 1 saturated carbocycles. The average molecular weight is 300 g/mol. The molecule has 0 N–H and O–H groups in total. The Labute approximate surface area is 106 Å². The normalized spacial score (nSPS) is 14.4. The van der Waals surface area contributed by atoms with Gasteiger partial charge >= 0.3 is 0 Å². The zero-order chi connectivity index (χ0) is 12.4. The van der Waals surface area contributed by atoms with Gasteiger partial charge in [-0.1, -0.05) is 0 Å². The molecule has 1 aliphatic rings. The van der Waals surface area contributed by atoms with Crippen LogP contribution in [0.3, 0.4) is 0 Å². The van der Waals surface area contributed by atoms with Gasteiger partial charge in [0.1, 0.15) is 5.75 Å². The molecular weight excluding hydrogens is 290 g/mol. The molecule has 1 aromatic rings. The van der Waals surface area contributed by atoms with Gasteiger partial charge in [0.25, 0.3) is 5.69 Å². The molecule has 17 heavy (non-hydrogen) atoms. The minimum absolute atomic E-state index is 0.0423. The number of aldehydes is 1. The Hall–Kier alpha value is -1.43. The molecule has 0 atom stereocenters. The molecule has 5 nitrogen and oxygen atoms in total. The maximum absolute atomic E-state index is 10.8. The van der Waals surface area contributed by atoms with E-state index < -0.39 is 4.92 Å². The molecule has 0 heterocycles. The predicted octanol–water partition coefficient (Wildman–Crippen LogP) is 2.96. The van der Waals surface area contributed by atoms with Gasteiger partial charge in [-0.05, 0) is 40.8 Å². The molecule has 0 saturated heterocycles. The van der Waals surface area contributed by atoms with Crippen LogP contribution >= 0.6 is 15.9 Å². The molecule has 6 heteroatoms. The summed E-state index contributed by atoms with van der Waals surface area (Å²) < 4.78 is 6.04. The number of benzene rings is 1.